The number of nitrogens with one attached hydrogen (secondary N) is 1. The molecule has 0 bridgehead atoms. The molecule has 6 rings (SSSR count). The fourth-order valence-corrected chi connectivity index (χ4v) is 5.25. The first kappa shape index (κ1) is 25.4. The highest BCUT2D eigenvalue weighted by atomic mass is 16.3. The molecule has 40 heavy (non-hydrogen) atoms. The van der Waals surface area contributed by atoms with Crippen molar-refractivity contribution in [1.82, 2.24) is 35.1 Å². The van der Waals surface area contributed by atoms with Gasteiger partial charge in [-0.25, -0.2) is 4.68 Å². The van der Waals surface area contributed by atoms with Crippen LogP contribution in [0, 0.1) is 13.8 Å². The van der Waals surface area contributed by atoms with Crippen LogP contribution in [0.25, 0.3) is 10.9 Å². The number of benzene rings is 2. The zero-order valence-electron chi connectivity index (χ0n) is 22.4. The Kier molecular flexibility index (Phi) is 7.03. The van der Waals surface area contributed by atoms with E-state index in [-0.39, 0.29) is 5.56 Å². The number of furan rings is 1. The molecule has 0 saturated carbocycles. The van der Waals surface area contributed by atoms with Crippen LogP contribution in [0.5, 0.6) is 0 Å². The Hall–Kier alpha value is -4.89. The Morgan fingerprint density at radius 2 is 1.82 bits per heavy atom. The molecule has 0 aliphatic rings. The normalized spacial score (nSPS) is 12.3. The van der Waals surface area contributed by atoms with Gasteiger partial charge in [0.1, 0.15) is 11.8 Å². The highest BCUT2D eigenvalue weighted by molar-refractivity contribution is 5.83. The largest absolute Gasteiger partial charge is 0.468 e. The minimum atomic E-state index is -0.585. The standard InChI is InChI=1S/C31H29N7O2/c1-21-14-22(2)28-25(15-21)16-27(31(39)33-28)29(30-34-35-36-38(30)19-23-8-4-3-5-9-23)37(20-26-11-7-13-40-26)18-24-10-6-12-32-17-24/h3-17,29H,18-20H2,1-2H3,(H,33,39)/t29-/m0/s1. The van der Waals surface area contributed by atoms with Crippen molar-refractivity contribution in [2.75, 3.05) is 0 Å². The maximum atomic E-state index is 13.8. The van der Waals surface area contributed by atoms with E-state index in [0.717, 1.165) is 38.9 Å². The van der Waals surface area contributed by atoms with E-state index < -0.39 is 6.04 Å². The molecule has 9 nitrogen and oxygen atoms in total. The molecule has 0 fully saturated rings. The van der Waals surface area contributed by atoms with Crippen molar-refractivity contribution >= 4 is 10.9 Å². The lowest BCUT2D eigenvalue weighted by molar-refractivity contribution is 0.179. The average molecular weight is 532 g/mol. The molecule has 1 N–H and O–H groups in total. The Balaban J connectivity index is 1.54. The van der Waals surface area contributed by atoms with Crippen LogP contribution in [-0.2, 0) is 19.6 Å². The molecular formula is C31H29N7O2. The second-order valence-corrected chi connectivity index (χ2v) is 10.0. The summed E-state index contributed by atoms with van der Waals surface area (Å²) in [6.45, 7) is 5.44. The van der Waals surface area contributed by atoms with Gasteiger partial charge in [0.25, 0.3) is 5.56 Å². The molecule has 9 heteroatoms. The summed E-state index contributed by atoms with van der Waals surface area (Å²) in [6.07, 6.45) is 5.23. The molecular weight excluding hydrogens is 502 g/mol. The molecule has 2 aromatic carbocycles. The lowest BCUT2D eigenvalue weighted by atomic mass is 10.00. The molecule has 1 atom stereocenters. The minimum Gasteiger partial charge on any atom is -0.468 e. The topological polar surface area (TPSA) is 106 Å². The van der Waals surface area contributed by atoms with Crippen molar-refractivity contribution < 1.29 is 4.42 Å². The third-order valence-electron chi connectivity index (χ3n) is 7.01. The van der Waals surface area contributed by atoms with Crippen LogP contribution in [-0.4, -0.2) is 35.1 Å². The number of aromatic amines is 1. The number of rotatable bonds is 9. The molecule has 0 amide bonds. The molecule has 4 aromatic heterocycles. The molecule has 200 valence electrons. The van der Waals surface area contributed by atoms with Gasteiger partial charge in [0.15, 0.2) is 5.82 Å². The third-order valence-corrected chi connectivity index (χ3v) is 7.01. The Morgan fingerprint density at radius 3 is 2.60 bits per heavy atom. The van der Waals surface area contributed by atoms with Crippen molar-refractivity contribution in [1.29, 1.82) is 0 Å². The molecule has 0 unspecified atom stereocenters. The monoisotopic (exact) mass is 531 g/mol. The van der Waals surface area contributed by atoms with Crippen LogP contribution in [0.4, 0.5) is 0 Å². The summed E-state index contributed by atoms with van der Waals surface area (Å²) in [5, 5.41) is 13.9. The van der Waals surface area contributed by atoms with Gasteiger partial charge >= 0.3 is 0 Å². The van der Waals surface area contributed by atoms with Crippen LogP contribution in [0.2, 0.25) is 0 Å². The van der Waals surface area contributed by atoms with E-state index in [1.807, 2.05) is 73.8 Å². The molecule has 4 heterocycles. The number of aryl methyl sites for hydroxylation is 2. The SMILES string of the molecule is Cc1cc(C)c2[nH]c(=O)c([C@@H](c3nnnn3Cc3ccccc3)N(Cc3cccnc3)Cc3ccco3)cc2c1. The van der Waals surface area contributed by atoms with Gasteiger partial charge in [0.05, 0.1) is 24.9 Å². The summed E-state index contributed by atoms with van der Waals surface area (Å²) < 4.78 is 7.53. The second kappa shape index (κ2) is 11.1. The van der Waals surface area contributed by atoms with E-state index in [0.29, 0.717) is 31.0 Å². The fourth-order valence-electron chi connectivity index (χ4n) is 5.25. The molecule has 0 spiro atoms. The Labute approximate surface area is 231 Å². The average Bonchev–Trinajstić information content (AvgIpc) is 3.63. The first-order valence-corrected chi connectivity index (χ1v) is 13.1. The van der Waals surface area contributed by atoms with Crippen molar-refractivity contribution in [3.63, 3.8) is 0 Å². The summed E-state index contributed by atoms with van der Waals surface area (Å²) in [5.74, 6) is 1.33. The predicted octanol–water partition coefficient (Wildman–Crippen LogP) is 4.96. The van der Waals surface area contributed by atoms with E-state index in [2.05, 4.69) is 49.4 Å². The second-order valence-electron chi connectivity index (χ2n) is 10.0. The van der Waals surface area contributed by atoms with Crippen molar-refractivity contribution in [3.05, 3.63) is 141 Å². The van der Waals surface area contributed by atoms with Gasteiger partial charge in [-0.2, -0.15) is 0 Å². The van der Waals surface area contributed by atoms with E-state index >= 15 is 0 Å². The van der Waals surface area contributed by atoms with Gasteiger partial charge in [-0.1, -0.05) is 48.0 Å². The Bertz CT molecular complexity index is 1780. The number of H-pyrrole nitrogens is 1. The van der Waals surface area contributed by atoms with E-state index in [1.165, 1.54) is 0 Å². The summed E-state index contributed by atoms with van der Waals surface area (Å²) >= 11 is 0. The van der Waals surface area contributed by atoms with Gasteiger partial charge in [-0.05, 0) is 76.7 Å². The summed E-state index contributed by atoms with van der Waals surface area (Å²) in [7, 11) is 0. The van der Waals surface area contributed by atoms with Gasteiger partial charge in [-0.3, -0.25) is 14.7 Å². The van der Waals surface area contributed by atoms with Crippen LogP contribution < -0.4 is 5.56 Å². The quantitative estimate of drug-likeness (QED) is 0.281. The summed E-state index contributed by atoms with van der Waals surface area (Å²) in [6, 6.07) is 23.3. The smallest absolute Gasteiger partial charge is 0.253 e. The number of tetrazole rings is 1. The van der Waals surface area contributed by atoms with Gasteiger partial charge in [-0.15, -0.1) is 5.10 Å². The minimum absolute atomic E-state index is 0.186. The van der Waals surface area contributed by atoms with Crippen molar-refractivity contribution in [2.45, 2.75) is 39.5 Å². The lowest BCUT2D eigenvalue weighted by Crippen LogP contribution is -2.35. The first-order chi connectivity index (χ1) is 19.5. The van der Waals surface area contributed by atoms with Crippen LogP contribution in [0.15, 0.2) is 101 Å². The van der Waals surface area contributed by atoms with Crippen molar-refractivity contribution in [2.24, 2.45) is 0 Å². The molecule has 0 aliphatic heterocycles. The number of aromatic nitrogens is 6. The highest BCUT2D eigenvalue weighted by Gasteiger charge is 2.31. The van der Waals surface area contributed by atoms with Crippen LogP contribution in [0.3, 0.4) is 0 Å². The summed E-state index contributed by atoms with van der Waals surface area (Å²) in [5.41, 5.74) is 5.38. The van der Waals surface area contributed by atoms with E-state index in [1.54, 1.807) is 17.1 Å². The third kappa shape index (κ3) is 5.32. The number of pyridine rings is 2. The van der Waals surface area contributed by atoms with Crippen molar-refractivity contribution in [3.8, 4) is 0 Å². The van der Waals surface area contributed by atoms with Crippen LogP contribution >= 0.6 is 0 Å². The first-order valence-electron chi connectivity index (χ1n) is 13.1. The lowest BCUT2D eigenvalue weighted by Gasteiger charge is -2.30. The number of nitrogens with zero attached hydrogens (tertiary/aromatic N) is 6. The number of fused-ring (bicyclic) bond motifs is 1. The zero-order valence-corrected chi connectivity index (χ0v) is 22.4. The van der Waals surface area contributed by atoms with E-state index in [9.17, 15) is 4.79 Å². The number of hydrogen-bond donors (Lipinski definition) is 1. The molecule has 0 radical (unpaired) electrons. The van der Waals surface area contributed by atoms with E-state index in [4.69, 9.17) is 4.42 Å². The molecule has 6 aromatic rings. The fraction of sp³-hybridized carbons (Fsp3) is 0.194. The Morgan fingerprint density at radius 1 is 0.975 bits per heavy atom. The van der Waals surface area contributed by atoms with Gasteiger partial charge in [0, 0.05) is 24.5 Å². The zero-order chi connectivity index (χ0) is 27.5. The maximum absolute atomic E-state index is 13.8. The van der Waals surface area contributed by atoms with Gasteiger partial charge in [0.2, 0.25) is 0 Å². The molecule has 0 saturated heterocycles. The molecule has 0 aliphatic carbocycles. The van der Waals surface area contributed by atoms with Crippen LogP contribution in [0.1, 0.15) is 45.4 Å². The number of hydrogen-bond acceptors (Lipinski definition) is 7. The predicted molar refractivity (Wildman–Crippen MR) is 151 cm³/mol. The maximum Gasteiger partial charge on any atom is 0.253 e. The highest BCUT2D eigenvalue weighted by Crippen LogP contribution is 2.31. The van der Waals surface area contributed by atoms with Gasteiger partial charge < -0.3 is 9.40 Å². The summed E-state index contributed by atoms with van der Waals surface area (Å²) in [4.78, 5) is 23.5.